The first-order valence-corrected chi connectivity index (χ1v) is 10.6. The molecular formula is C21H29N5O6. The lowest BCUT2D eigenvalue weighted by Crippen LogP contribution is -2.45. The van der Waals surface area contributed by atoms with Crippen molar-refractivity contribution < 1.29 is 23.8 Å². The summed E-state index contributed by atoms with van der Waals surface area (Å²) < 4.78 is 17.3. The Labute approximate surface area is 185 Å². The fourth-order valence-electron chi connectivity index (χ4n) is 3.36. The van der Waals surface area contributed by atoms with E-state index < -0.39 is 11.9 Å². The first kappa shape index (κ1) is 23.8. The van der Waals surface area contributed by atoms with Gasteiger partial charge in [0.05, 0.1) is 51.2 Å². The summed E-state index contributed by atoms with van der Waals surface area (Å²) in [6, 6.07) is 4.52. The number of hydrogen-bond donors (Lipinski definition) is 3. The number of ether oxygens (including phenoxy) is 3. The maximum Gasteiger partial charge on any atom is 0.275 e. The summed E-state index contributed by atoms with van der Waals surface area (Å²) in [5, 5.41) is 10.8. The Balaban J connectivity index is 1.49. The van der Waals surface area contributed by atoms with E-state index in [4.69, 9.17) is 19.9 Å². The van der Waals surface area contributed by atoms with E-state index in [-0.39, 0.29) is 24.3 Å². The van der Waals surface area contributed by atoms with Crippen LogP contribution >= 0.6 is 0 Å². The zero-order valence-corrected chi connectivity index (χ0v) is 17.9. The molecule has 1 aromatic carbocycles. The molecule has 1 aliphatic heterocycles. The minimum absolute atomic E-state index is 0.178. The van der Waals surface area contributed by atoms with E-state index in [1.807, 2.05) is 6.07 Å². The molecule has 1 saturated heterocycles. The topological polar surface area (TPSA) is 147 Å². The maximum absolute atomic E-state index is 12.9. The molecule has 1 unspecified atom stereocenters. The number of nitrogens with one attached hydrogen (secondary N) is 2. The van der Waals surface area contributed by atoms with Crippen LogP contribution in [-0.4, -0.2) is 74.3 Å². The van der Waals surface area contributed by atoms with Gasteiger partial charge in [-0.15, -0.1) is 0 Å². The van der Waals surface area contributed by atoms with Crippen LogP contribution in [-0.2, 0) is 23.8 Å². The summed E-state index contributed by atoms with van der Waals surface area (Å²) in [5.74, 6) is -0.842. The Morgan fingerprint density at radius 2 is 1.75 bits per heavy atom. The standard InChI is InChI=1S/C21H29N5O6/c22-6-8-30-10-12-32-13-11-31-9-7-23-17-3-1-2-15-16(17)14-24-26(21(15)29)18-4-5-19(27)25-20(18)28/h1-3,14,18,23H,4-13,22H2,(H,25,27,28). The van der Waals surface area contributed by atoms with Gasteiger partial charge in [-0.3, -0.25) is 19.7 Å². The average molecular weight is 447 g/mol. The molecule has 0 aliphatic carbocycles. The smallest absolute Gasteiger partial charge is 0.275 e. The number of imide groups is 1. The van der Waals surface area contributed by atoms with E-state index >= 15 is 0 Å². The summed E-state index contributed by atoms with van der Waals surface area (Å²) in [7, 11) is 0. The lowest BCUT2D eigenvalue weighted by atomic mass is 10.1. The molecule has 0 bridgehead atoms. The average Bonchev–Trinajstić information content (AvgIpc) is 2.78. The molecule has 11 nitrogen and oxygen atoms in total. The van der Waals surface area contributed by atoms with Crippen LogP contribution in [0.4, 0.5) is 5.69 Å². The molecule has 3 rings (SSSR count). The van der Waals surface area contributed by atoms with Crippen molar-refractivity contribution in [1.29, 1.82) is 0 Å². The zero-order chi connectivity index (χ0) is 22.8. The number of nitrogens with zero attached hydrogens (tertiary/aromatic N) is 2. The van der Waals surface area contributed by atoms with E-state index in [1.54, 1.807) is 18.3 Å². The highest BCUT2D eigenvalue weighted by Gasteiger charge is 2.30. The predicted molar refractivity (Wildman–Crippen MR) is 117 cm³/mol. The van der Waals surface area contributed by atoms with Crippen molar-refractivity contribution in [3.63, 3.8) is 0 Å². The second kappa shape index (κ2) is 12.2. The number of carbonyl (C=O) groups is 2. The largest absolute Gasteiger partial charge is 0.382 e. The van der Waals surface area contributed by atoms with E-state index in [9.17, 15) is 14.4 Å². The number of benzene rings is 1. The van der Waals surface area contributed by atoms with Crippen molar-refractivity contribution in [3.05, 3.63) is 34.7 Å². The van der Waals surface area contributed by atoms with Gasteiger partial charge in [0.1, 0.15) is 6.04 Å². The van der Waals surface area contributed by atoms with E-state index in [0.29, 0.717) is 63.5 Å². The molecule has 2 heterocycles. The Hall–Kier alpha value is -2.86. The van der Waals surface area contributed by atoms with Gasteiger partial charge >= 0.3 is 0 Å². The summed E-state index contributed by atoms with van der Waals surface area (Å²) >= 11 is 0. The third-order valence-corrected chi connectivity index (χ3v) is 4.93. The fourth-order valence-corrected chi connectivity index (χ4v) is 3.36. The van der Waals surface area contributed by atoms with Gasteiger partial charge in [0.2, 0.25) is 5.91 Å². The summed E-state index contributed by atoms with van der Waals surface area (Å²) in [4.78, 5) is 36.4. The van der Waals surface area contributed by atoms with Gasteiger partial charge in [0.25, 0.3) is 11.5 Å². The molecule has 1 fully saturated rings. The molecule has 1 atom stereocenters. The van der Waals surface area contributed by atoms with E-state index in [0.717, 1.165) is 10.4 Å². The van der Waals surface area contributed by atoms with Crippen LogP contribution in [0, 0.1) is 0 Å². The minimum Gasteiger partial charge on any atom is -0.382 e. The highest BCUT2D eigenvalue weighted by molar-refractivity contribution is 5.99. The number of fused-ring (bicyclic) bond motifs is 1. The van der Waals surface area contributed by atoms with Crippen molar-refractivity contribution in [2.24, 2.45) is 5.73 Å². The van der Waals surface area contributed by atoms with Gasteiger partial charge in [-0.2, -0.15) is 5.10 Å². The van der Waals surface area contributed by atoms with Gasteiger partial charge in [-0.1, -0.05) is 6.07 Å². The summed E-state index contributed by atoms with van der Waals surface area (Å²) in [6.45, 7) is 3.98. The third-order valence-electron chi connectivity index (χ3n) is 4.93. The molecule has 174 valence electrons. The lowest BCUT2D eigenvalue weighted by Gasteiger charge is -2.22. The maximum atomic E-state index is 12.9. The SMILES string of the molecule is NCCOCCOCCOCCNc1cccc2c(=O)n(C3CCC(=O)NC3=O)ncc12. The predicted octanol–water partition coefficient (Wildman–Crippen LogP) is -0.205. The minimum atomic E-state index is -0.788. The van der Waals surface area contributed by atoms with Crippen LogP contribution in [0.2, 0.25) is 0 Å². The van der Waals surface area contributed by atoms with Crippen molar-refractivity contribution >= 4 is 28.3 Å². The first-order chi connectivity index (χ1) is 15.6. The van der Waals surface area contributed by atoms with Crippen LogP contribution in [0.1, 0.15) is 18.9 Å². The number of amides is 2. The van der Waals surface area contributed by atoms with Crippen LogP contribution in [0.25, 0.3) is 10.8 Å². The van der Waals surface area contributed by atoms with Crippen molar-refractivity contribution in [2.45, 2.75) is 18.9 Å². The number of piperidine rings is 1. The first-order valence-electron chi connectivity index (χ1n) is 10.6. The Morgan fingerprint density at radius 1 is 1.03 bits per heavy atom. The van der Waals surface area contributed by atoms with Crippen molar-refractivity contribution in [3.8, 4) is 0 Å². The van der Waals surface area contributed by atoms with E-state index in [2.05, 4.69) is 15.7 Å². The normalized spacial score (nSPS) is 16.3. The Morgan fingerprint density at radius 3 is 2.47 bits per heavy atom. The molecule has 2 amide bonds. The lowest BCUT2D eigenvalue weighted by molar-refractivity contribution is -0.136. The number of carbonyl (C=O) groups excluding carboxylic acids is 2. The molecule has 0 saturated carbocycles. The number of anilines is 1. The zero-order valence-electron chi connectivity index (χ0n) is 17.9. The third kappa shape index (κ3) is 6.33. The highest BCUT2D eigenvalue weighted by Crippen LogP contribution is 2.22. The van der Waals surface area contributed by atoms with Crippen molar-refractivity contribution in [2.75, 3.05) is 58.0 Å². The molecule has 1 aromatic heterocycles. The molecule has 2 aromatic rings. The second-order valence-corrected chi connectivity index (χ2v) is 7.18. The Bertz CT molecular complexity index is 979. The molecule has 32 heavy (non-hydrogen) atoms. The monoisotopic (exact) mass is 447 g/mol. The number of aromatic nitrogens is 2. The molecule has 1 aliphatic rings. The Kier molecular flexibility index (Phi) is 9.11. The number of hydrogen-bond acceptors (Lipinski definition) is 9. The van der Waals surface area contributed by atoms with Gasteiger partial charge < -0.3 is 25.3 Å². The molecule has 11 heteroatoms. The van der Waals surface area contributed by atoms with Crippen LogP contribution in [0.15, 0.2) is 29.2 Å². The van der Waals surface area contributed by atoms with E-state index in [1.165, 1.54) is 0 Å². The van der Waals surface area contributed by atoms with Crippen LogP contribution in [0.3, 0.4) is 0 Å². The van der Waals surface area contributed by atoms with Gasteiger partial charge in [-0.25, -0.2) is 4.68 Å². The second-order valence-electron chi connectivity index (χ2n) is 7.18. The van der Waals surface area contributed by atoms with Crippen LogP contribution < -0.4 is 21.9 Å². The number of nitrogens with two attached hydrogens (primary N) is 1. The van der Waals surface area contributed by atoms with Gasteiger partial charge in [-0.05, 0) is 18.6 Å². The molecule has 0 radical (unpaired) electrons. The summed E-state index contributed by atoms with van der Waals surface area (Å²) in [5.41, 5.74) is 5.71. The number of rotatable bonds is 13. The van der Waals surface area contributed by atoms with Crippen molar-refractivity contribution in [1.82, 2.24) is 15.1 Å². The van der Waals surface area contributed by atoms with Gasteiger partial charge in [0, 0.05) is 30.6 Å². The molecule has 0 spiro atoms. The highest BCUT2D eigenvalue weighted by atomic mass is 16.5. The molecule has 4 N–H and O–H groups in total. The molecular weight excluding hydrogens is 418 g/mol. The quantitative estimate of drug-likeness (QED) is 0.280. The fraction of sp³-hybridized carbons (Fsp3) is 0.524. The van der Waals surface area contributed by atoms with Crippen LogP contribution in [0.5, 0.6) is 0 Å². The van der Waals surface area contributed by atoms with Gasteiger partial charge in [0.15, 0.2) is 0 Å². The summed E-state index contributed by atoms with van der Waals surface area (Å²) in [6.07, 6.45) is 1.99.